The average Bonchev–Trinajstić information content (AvgIpc) is 3.02. The predicted octanol–water partition coefficient (Wildman–Crippen LogP) is 5.12. The van der Waals surface area contributed by atoms with Crippen LogP contribution >= 0.6 is 23.2 Å². The van der Waals surface area contributed by atoms with Gasteiger partial charge in [-0.05, 0) is 42.0 Å². The molecular weight excluding hydrogens is 387 g/mol. The average molecular weight is 403 g/mol. The number of aliphatic carboxylic acids is 1. The smallest absolute Gasteiger partial charge is 0.323 e. The third-order valence-corrected chi connectivity index (χ3v) is 4.41. The van der Waals surface area contributed by atoms with Gasteiger partial charge in [0.2, 0.25) is 0 Å². The lowest BCUT2D eigenvalue weighted by Gasteiger charge is -2.01. The number of methoxy groups -OCH3 is 1. The zero-order valence-corrected chi connectivity index (χ0v) is 15.9. The van der Waals surface area contributed by atoms with Crippen molar-refractivity contribution in [1.29, 1.82) is 0 Å². The zero-order chi connectivity index (χ0) is 19.4. The Morgan fingerprint density at radius 1 is 1.19 bits per heavy atom. The van der Waals surface area contributed by atoms with Crippen LogP contribution in [0, 0.1) is 0 Å². The number of carbonyl (C=O) groups is 1. The molecule has 27 heavy (non-hydrogen) atoms. The number of aromatic nitrogens is 2. The molecule has 0 atom stereocenters. The first-order valence-electron chi connectivity index (χ1n) is 8.03. The normalized spacial score (nSPS) is 11.1. The molecule has 0 radical (unpaired) electrons. The first-order valence-corrected chi connectivity index (χ1v) is 8.78. The van der Waals surface area contributed by atoms with E-state index in [1.54, 1.807) is 42.1 Å². The molecule has 0 saturated carbocycles. The highest BCUT2D eigenvalue weighted by molar-refractivity contribution is 6.36. The second kappa shape index (κ2) is 8.29. The molecule has 0 aliphatic carbocycles. The molecule has 1 heterocycles. The van der Waals surface area contributed by atoms with Gasteiger partial charge in [-0.3, -0.25) is 4.79 Å². The standard InChI is InChI=1S/C20H16Cl2N2O3/c1-27-15-6-2-13(3-7-15)4-9-19-23-18(11-24(19)12-20(25)26)16-8-5-14(21)10-17(16)22/h2-11H,12H2,1H3,(H,25,26). The summed E-state index contributed by atoms with van der Waals surface area (Å²) in [6.45, 7) is -0.208. The van der Waals surface area contributed by atoms with Crippen LogP contribution in [0.3, 0.4) is 0 Å². The molecule has 0 aliphatic rings. The highest BCUT2D eigenvalue weighted by Crippen LogP contribution is 2.30. The first kappa shape index (κ1) is 19.0. The van der Waals surface area contributed by atoms with Crippen molar-refractivity contribution >= 4 is 41.3 Å². The van der Waals surface area contributed by atoms with Gasteiger partial charge in [0.05, 0.1) is 17.8 Å². The summed E-state index contributed by atoms with van der Waals surface area (Å²) in [4.78, 5) is 15.7. The van der Waals surface area contributed by atoms with Crippen molar-refractivity contribution in [2.75, 3.05) is 7.11 Å². The van der Waals surface area contributed by atoms with Crippen molar-refractivity contribution in [2.24, 2.45) is 0 Å². The quantitative estimate of drug-likeness (QED) is 0.621. The monoisotopic (exact) mass is 402 g/mol. The van der Waals surface area contributed by atoms with Crippen LogP contribution < -0.4 is 4.74 Å². The summed E-state index contributed by atoms with van der Waals surface area (Å²) in [5, 5.41) is 10.1. The predicted molar refractivity (Wildman–Crippen MR) is 107 cm³/mol. The van der Waals surface area contributed by atoms with Gasteiger partial charge in [0.15, 0.2) is 0 Å². The number of ether oxygens (including phenoxy) is 1. The lowest BCUT2D eigenvalue weighted by Crippen LogP contribution is -2.09. The number of benzene rings is 2. The fourth-order valence-corrected chi connectivity index (χ4v) is 3.05. The fourth-order valence-electron chi connectivity index (χ4n) is 2.55. The lowest BCUT2D eigenvalue weighted by atomic mass is 10.2. The topological polar surface area (TPSA) is 64.4 Å². The highest BCUT2D eigenvalue weighted by Gasteiger charge is 2.13. The molecule has 3 aromatic rings. The Hall–Kier alpha value is -2.76. The van der Waals surface area contributed by atoms with Crippen molar-refractivity contribution in [3.05, 3.63) is 70.1 Å². The van der Waals surface area contributed by atoms with E-state index in [4.69, 9.17) is 27.9 Å². The second-order valence-electron chi connectivity index (χ2n) is 5.74. The summed E-state index contributed by atoms with van der Waals surface area (Å²) in [5.74, 6) is 0.314. The van der Waals surface area contributed by atoms with Gasteiger partial charge in [-0.1, -0.05) is 41.4 Å². The van der Waals surface area contributed by atoms with Gasteiger partial charge in [-0.2, -0.15) is 0 Å². The van der Waals surface area contributed by atoms with Crippen molar-refractivity contribution < 1.29 is 14.6 Å². The minimum atomic E-state index is -0.958. The van der Waals surface area contributed by atoms with Gasteiger partial charge in [0, 0.05) is 16.8 Å². The third-order valence-electron chi connectivity index (χ3n) is 3.86. The number of imidazole rings is 1. The number of carboxylic acids is 1. The van der Waals surface area contributed by atoms with Gasteiger partial charge < -0.3 is 14.4 Å². The fraction of sp³-hybridized carbons (Fsp3) is 0.100. The molecule has 3 rings (SSSR count). The number of halogens is 2. The summed E-state index contributed by atoms with van der Waals surface area (Å²) >= 11 is 12.2. The van der Waals surface area contributed by atoms with Crippen molar-refractivity contribution in [3.63, 3.8) is 0 Å². The molecule has 0 unspecified atom stereocenters. The zero-order valence-electron chi connectivity index (χ0n) is 14.4. The minimum Gasteiger partial charge on any atom is -0.497 e. The summed E-state index contributed by atoms with van der Waals surface area (Å²) in [5.41, 5.74) is 2.20. The molecule has 0 amide bonds. The van der Waals surface area contributed by atoms with Gasteiger partial charge in [-0.25, -0.2) is 4.98 Å². The molecule has 7 heteroatoms. The number of rotatable bonds is 6. The molecule has 2 aromatic carbocycles. The van der Waals surface area contributed by atoms with Crippen LogP contribution in [-0.2, 0) is 11.3 Å². The van der Waals surface area contributed by atoms with Crippen LogP contribution in [0.4, 0.5) is 0 Å². The molecule has 138 valence electrons. The van der Waals surface area contributed by atoms with E-state index in [-0.39, 0.29) is 6.54 Å². The van der Waals surface area contributed by atoms with Gasteiger partial charge in [0.25, 0.3) is 0 Å². The Morgan fingerprint density at radius 3 is 2.56 bits per heavy atom. The number of carboxylic acid groups (broad SMARTS) is 1. The van der Waals surface area contributed by atoms with Gasteiger partial charge >= 0.3 is 5.97 Å². The number of hydrogen-bond donors (Lipinski definition) is 1. The van der Waals surface area contributed by atoms with E-state index in [1.807, 2.05) is 30.3 Å². The van der Waals surface area contributed by atoms with Crippen LogP contribution in [0.5, 0.6) is 5.75 Å². The molecular formula is C20H16Cl2N2O3. The maximum atomic E-state index is 11.2. The Labute approximate surface area is 166 Å². The first-order chi connectivity index (χ1) is 13.0. The molecule has 0 spiro atoms. The van der Waals surface area contributed by atoms with Gasteiger partial charge in [-0.15, -0.1) is 0 Å². The Bertz CT molecular complexity index is 995. The Kier molecular flexibility index (Phi) is 5.84. The second-order valence-corrected chi connectivity index (χ2v) is 6.58. The van der Waals surface area contributed by atoms with E-state index in [9.17, 15) is 9.90 Å². The van der Waals surface area contributed by atoms with E-state index < -0.39 is 5.97 Å². The van der Waals surface area contributed by atoms with Crippen LogP contribution in [-0.4, -0.2) is 27.7 Å². The molecule has 0 bridgehead atoms. The number of hydrogen-bond acceptors (Lipinski definition) is 3. The largest absolute Gasteiger partial charge is 0.497 e. The van der Waals surface area contributed by atoms with E-state index >= 15 is 0 Å². The lowest BCUT2D eigenvalue weighted by molar-refractivity contribution is -0.137. The van der Waals surface area contributed by atoms with E-state index in [2.05, 4.69) is 4.98 Å². The molecule has 1 aromatic heterocycles. The maximum Gasteiger partial charge on any atom is 0.323 e. The third kappa shape index (κ3) is 4.70. The molecule has 0 aliphatic heterocycles. The van der Waals surface area contributed by atoms with E-state index in [0.717, 1.165) is 11.3 Å². The summed E-state index contributed by atoms with van der Waals surface area (Å²) in [6.07, 6.45) is 5.28. The van der Waals surface area contributed by atoms with Crippen LogP contribution in [0.2, 0.25) is 10.0 Å². The SMILES string of the molecule is COc1ccc(C=Cc2nc(-c3ccc(Cl)cc3Cl)cn2CC(=O)O)cc1. The van der Waals surface area contributed by atoms with E-state index in [0.29, 0.717) is 27.1 Å². The summed E-state index contributed by atoms with van der Waals surface area (Å²) in [6, 6.07) is 12.6. The summed E-state index contributed by atoms with van der Waals surface area (Å²) in [7, 11) is 1.61. The Morgan fingerprint density at radius 2 is 1.93 bits per heavy atom. The van der Waals surface area contributed by atoms with Crippen molar-refractivity contribution in [3.8, 4) is 17.0 Å². The Balaban J connectivity index is 1.96. The summed E-state index contributed by atoms with van der Waals surface area (Å²) < 4.78 is 6.70. The van der Waals surface area contributed by atoms with Crippen molar-refractivity contribution in [2.45, 2.75) is 6.54 Å². The van der Waals surface area contributed by atoms with Crippen LogP contribution in [0.25, 0.3) is 23.4 Å². The highest BCUT2D eigenvalue weighted by atomic mass is 35.5. The number of nitrogens with zero attached hydrogens (tertiary/aromatic N) is 2. The molecule has 5 nitrogen and oxygen atoms in total. The van der Waals surface area contributed by atoms with E-state index in [1.165, 1.54) is 0 Å². The van der Waals surface area contributed by atoms with Crippen molar-refractivity contribution in [1.82, 2.24) is 9.55 Å². The minimum absolute atomic E-state index is 0.208. The molecule has 0 saturated heterocycles. The maximum absolute atomic E-state index is 11.2. The van der Waals surface area contributed by atoms with Gasteiger partial charge in [0.1, 0.15) is 18.1 Å². The van der Waals surface area contributed by atoms with Crippen LogP contribution in [0.15, 0.2) is 48.7 Å². The molecule has 1 N–H and O–H groups in total. The molecule has 0 fully saturated rings. The van der Waals surface area contributed by atoms with Crippen LogP contribution in [0.1, 0.15) is 11.4 Å².